The van der Waals surface area contributed by atoms with Gasteiger partial charge in [0.25, 0.3) is 0 Å². The monoisotopic (exact) mass is 492 g/mol. The molecule has 0 spiro atoms. The number of carbonyl (C=O) groups excluding carboxylic acids is 2. The summed E-state index contributed by atoms with van der Waals surface area (Å²) in [5.41, 5.74) is 1.67. The molecule has 1 aromatic heterocycles. The second-order valence-corrected chi connectivity index (χ2v) is 11.8. The van der Waals surface area contributed by atoms with Crippen LogP contribution in [0.4, 0.5) is 5.69 Å². The molecular weight excluding hydrogens is 460 g/mol. The number of anilines is 1. The Kier molecular flexibility index (Phi) is 8.44. The maximum Gasteiger partial charge on any atom is 0.313 e. The molecule has 2 heterocycles. The lowest BCUT2D eigenvalue weighted by molar-refractivity contribution is -0.143. The van der Waals surface area contributed by atoms with Gasteiger partial charge in [-0.25, -0.2) is 8.93 Å². The van der Waals surface area contributed by atoms with Crippen LogP contribution in [0.1, 0.15) is 44.7 Å². The number of methoxy groups -OCH3 is 1. The largest absolute Gasteiger partial charge is 0.469 e. The molecule has 9 heteroatoms. The number of thiophene rings is 1. The molecule has 0 saturated carbocycles. The quantitative estimate of drug-likeness (QED) is 0.427. The van der Waals surface area contributed by atoms with Crippen molar-refractivity contribution in [3.05, 3.63) is 52.2 Å². The van der Waals surface area contributed by atoms with Gasteiger partial charge in [0.1, 0.15) is 12.2 Å². The highest BCUT2D eigenvalue weighted by Gasteiger charge is 2.41. The Hall–Kier alpha value is -2.07. The first-order valence-electron chi connectivity index (χ1n) is 10.9. The first-order valence-corrected chi connectivity index (χ1v) is 13.0. The SMILES string of the molecule is COC(=O)CC(=O)C[C@](NS(=O)C(C)(C)C)(c1ccc(N2CCOCC2)cc1)c1ccsc1. The second kappa shape index (κ2) is 10.9. The number of morpholine rings is 1. The summed E-state index contributed by atoms with van der Waals surface area (Å²) in [6, 6.07) is 9.92. The van der Waals surface area contributed by atoms with Crippen LogP contribution in [0, 0.1) is 0 Å². The minimum absolute atomic E-state index is 0.0302. The highest BCUT2D eigenvalue weighted by Crippen LogP contribution is 2.37. The van der Waals surface area contributed by atoms with Crippen LogP contribution in [0.15, 0.2) is 41.1 Å². The van der Waals surface area contributed by atoms with Crippen molar-refractivity contribution in [1.29, 1.82) is 0 Å². The van der Waals surface area contributed by atoms with E-state index >= 15 is 0 Å². The van der Waals surface area contributed by atoms with Gasteiger partial charge >= 0.3 is 5.97 Å². The lowest BCUT2D eigenvalue weighted by Crippen LogP contribution is -2.50. The molecule has 1 unspecified atom stereocenters. The Labute approximate surface area is 202 Å². The molecule has 1 N–H and O–H groups in total. The first-order chi connectivity index (χ1) is 15.7. The summed E-state index contributed by atoms with van der Waals surface area (Å²) in [4.78, 5) is 27.0. The Morgan fingerprint density at radius 2 is 1.79 bits per heavy atom. The van der Waals surface area contributed by atoms with Gasteiger partial charge in [-0.2, -0.15) is 11.3 Å². The van der Waals surface area contributed by atoms with Crippen LogP contribution in [0.3, 0.4) is 0 Å². The molecule has 1 aliphatic rings. The zero-order valence-corrected chi connectivity index (χ0v) is 21.2. The number of esters is 1. The Balaban J connectivity index is 2.04. The van der Waals surface area contributed by atoms with Gasteiger partial charge in [-0.1, -0.05) is 12.1 Å². The standard InChI is InChI=1S/C24H32N2O5S2/c1-23(2,3)33(29)25-24(19-9-14-32-17-19,16-21(27)15-22(28)30-4)18-5-7-20(8-6-18)26-10-12-31-13-11-26/h5-9,14,17,25H,10-13,15-16H2,1-4H3/t24-,33?/m0/s1. The van der Waals surface area contributed by atoms with E-state index in [1.807, 2.05) is 61.9 Å². The van der Waals surface area contributed by atoms with Crippen LogP contribution in [-0.2, 0) is 35.6 Å². The summed E-state index contributed by atoms with van der Waals surface area (Å²) in [6.45, 7) is 8.66. The van der Waals surface area contributed by atoms with E-state index in [4.69, 9.17) is 9.47 Å². The molecule has 0 radical (unpaired) electrons. The van der Waals surface area contributed by atoms with Gasteiger partial charge in [-0.05, 0) is 60.9 Å². The van der Waals surface area contributed by atoms with E-state index in [0.29, 0.717) is 13.2 Å². The van der Waals surface area contributed by atoms with Crippen molar-refractivity contribution < 1.29 is 23.3 Å². The number of hydrogen-bond donors (Lipinski definition) is 1. The molecule has 1 fully saturated rings. The molecule has 2 aromatic rings. The highest BCUT2D eigenvalue weighted by molar-refractivity contribution is 7.84. The molecule has 0 aliphatic carbocycles. The normalized spacial score (nSPS) is 17.3. The molecule has 0 amide bonds. The molecule has 7 nitrogen and oxygen atoms in total. The molecule has 0 bridgehead atoms. The zero-order chi connectivity index (χ0) is 24.1. The van der Waals surface area contributed by atoms with Gasteiger partial charge < -0.3 is 14.4 Å². The van der Waals surface area contributed by atoms with Gasteiger partial charge in [0, 0.05) is 25.2 Å². The predicted molar refractivity (Wildman–Crippen MR) is 132 cm³/mol. The number of Topliss-reactive ketones (excluding diaryl/α,β-unsaturated/α-hetero) is 1. The Morgan fingerprint density at radius 3 is 2.33 bits per heavy atom. The minimum Gasteiger partial charge on any atom is -0.469 e. The van der Waals surface area contributed by atoms with Crippen molar-refractivity contribution in [2.45, 2.75) is 43.9 Å². The highest BCUT2D eigenvalue weighted by atomic mass is 32.2. The summed E-state index contributed by atoms with van der Waals surface area (Å²) >= 11 is 1.50. The molecule has 3 rings (SSSR count). The maximum absolute atomic E-state index is 13.3. The van der Waals surface area contributed by atoms with Crippen LogP contribution in [0.25, 0.3) is 0 Å². The van der Waals surface area contributed by atoms with E-state index in [1.54, 1.807) is 0 Å². The summed E-state index contributed by atoms with van der Waals surface area (Å²) in [5, 5.41) is 3.88. The summed E-state index contributed by atoms with van der Waals surface area (Å²) in [6.07, 6.45) is -0.365. The molecule has 1 saturated heterocycles. The lowest BCUT2D eigenvalue weighted by Gasteiger charge is -2.37. The van der Waals surface area contributed by atoms with Crippen molar-refractivity contribution >= 4 is 39.8 Å². The topological polar surface area (TPSA) is 84.9 Å². The van der Waals surface area contributed by atoms with Crippen LogP contribution in [-0.4, -0.2) is 54.1 Å². The molecule has 1 aliphatic heterocycles. The number of ether oxygens (including phenoxy) is 2. The number of ketones is 1. The van der Waals surface area contributed by atoms with Crippen molar-refractivity contribution in [3.8, 4) is 0 Å². The van der Waals surface area contributed by atoms with Crippen molar-refractivity contribution in [2.75, 3.05) is 38.3 Å². The number of nitrogens with one attached hydrogen (secondary N) is 1. The molecular formula is C24H32N2O5S2. The summed E-state index contributed by atoms with van der Waals surface area (Å²) in [7, 11) is -0.210. The van der Waals surface area contributed by atoms with Crippen molar-refractivity contribution in [1.82, 2.24) is 4.72 Å². The van der Waals surface area contributed by atoms with Gasteiger partial charge in [-0.3, -0.25) is 9.59 Å². The van der Waals surface area contributed by atoms with Gasteiger partial charge in [-0.15, -0.1) is 0 Å². The summed E-state index contributed by atoms with van der Waals surface area (Å²) in [5.74, 6) is -0.873. The second-order valence-electron chi connectivity index (χ2n) is 9.02. The molecule has 2 atom stereocenters. The van der Waals surface area contributed by atoms with Gasteiger partial charge in [0.2, 0.25) is 0 Å². The molecule has 180 valence electrons. The fourth-order valence-corrected chi connectivity index (χ4v) is 5.37. The Morgan fingerprint density at radius 1 is 1.12 bits per heavy atom. The van der Waals surface area contributed by atoms with Gasteiger partial charge in [0.05, 0.1) is 41.6 Å². The number of rotatable bonds is 9. The number of hydrogen-bond acceptors (Lipinski definition) is 7. The lowest BCUT2D eigenvalue weighted by atomic mass is 9.80. The average molecular weight is 493 g/mol. The predicted octanol–water partition coefficient (Wildman–Crippen LogP) is 3.40. The smallest absolute Gasteiger partial charge is 0.313 e. The fraction of sp³-hybridized carbons (Fsp3) is 0.500. The number of nitrogens with zero attached hydrogens (tertiary/aromatic N) is 1. The zero-order valence-electron chi connectivity index (χ0n) is 19.6. The third-order valence-corrected chi connectivity index (χ3v) is 7.93. The number of carbonyl (C=O) groups is 2. The van der Waals surface area contributed by atoms with Crippen molar-refractivity contribution in [2.24, 2.45) is 0 Å². The first kappa shape index (κ1) is 25.6. The third kappa shape index (κ3) is 6.29. The van der Waals surface area contributed by atoms with E-state index in [-0.39, 0.29) is 18.6 Å². The Bertz CT molecular complexity index is 964. The van der Waals surface area contributed by atoms with Gasteiger partial charge in [0.15, 0.2) is 0 Å². The van der Waals surface area contributed by atoms with Crippen LogP contribution >= 0.6 is 11.3 Å². The van der Waals surface area contributed by atoms with E-state index in [1.165, 1.54) is 18.4 Å². The van der Waals surface area contributed by atoms with E-state index in [0.717, 1.165) is 29.9 Å². The third-order valence-electron chi connectivity index (χ3n) is 5.60. The van der Waals surface area contributed by atoms with Crippen molar-refractivity contribution in [3.63, 3.8) is 0 Å². The van der Waals surface area contributed by atoms with Crippen LogP contribution in [0.5, 0.6) is 0 Å². The average Bonchev–Trinajstić information content (AvgIpc) is 3.34. The maximum atomic E-state index is 13.3. The van der Waals surface area contributed by atoms with E-state index in [2.05, 4.69) is 9.62 Å². The van der Waals surface area contributed by atoms with Crippen LogP contribution < -0.4 is 9.62 Å². The van der Waals surface area contributed by atoms with E-state index < -0.39 is 27.2 Å². The van der Waals surface area contributed by atoms with Crippen LogP contribution in [0.2, 0.25) is 0 Å². The molecule has 1 aromatic carbocycles. The van der Waals surface area contributed by atoms with E-state index in [9.17, 15) is 13.8 Å². The molecule has 33 heavy (non-hydrogen) atoms. The fourth-order valence-electron chi connectivity index (χ4n) is 3.71. The minimum atomic E-state index is -1.47. The summed E-state index contributed by atoms with van der Waals surface area (Å²) < 4.78 is 26.2. The number of benzene rings is 1.